The first-order chi connectivity index (χ1) is 20.7. The molecule has 0 N–H and O–H groups in total. The molecule has 4 nitrogen and oxygen atoms in total. The number of pyridine rings is 1. The predicted octanol–water partition coefficient (Wildman–Crippen LogP) is 7.40. The maximum atomic E-state index is 5.19. The molecule has 0 spiro atoms. The van der Waals surface area contributed by atoms with Crippen LogP contribution in [0.5, 0.6) is 0 Å². The van der Waals surface area contributed by atoms with E-state index in [2.05, 4.69) is 103 Å². The molecule has 7 heteroatoms. The number of nitrogens with zero attached hydrogens (tertiary/aromatic N) is 4. The SMILES string of the molecule is c1ccc(C[C@H]2CSC(c3cc(C4=N[C@@H](Cc5ccccc5)CS4)nc(C4=N[C@@H](Cc5ccccc5)CS4)c3)=N2)cc1. The Morgan fingerprint density at radius 1 is 0.476 bits per heavy atom. The lowest BCUT2D eigenvalue weighted by Gasteiger charge is -2.09. The summed E-state index contributed by atoms with van der Waals surface area (Å²) in [6.07, 6.45) is 2.88. The lowest BCUT2D eigenvalue weighted by atomic mass is 10.1. The second-order valence-corrected chi connectivity index (χ2v) is 13.9. The van der Waals surface area contributed by atoms with Crippen LogP contribution in [0, 0.1) is 0 Å². The summed E-state index contributed by atoms with van der Waals surface area (Å²) in [4.78, 5) is 20.7. The molecule has 3 aliphatic heterocycles. The van der Waals surface area contributed by atoms with Crippen LogP contribution in [0.1, 0.15) is 33.6 Å². The van der Waals surface area contributed by atoms with Gasteiger partial charge in [-0.3, -0.25) is 15.0 Å². The normalized spacial score (nSPS) is 21.7. The third-order valence-electron chi connectivity index (χ3n) is 7.59. The lowest BCUT2D eigenvalue weighted by molar-refractivity contribution is 0.762. The number of aliphatic imine (C=N–C) groups is 3. The minimum Gasteiger partial charge on any atom is -0.273 e. The molecule has 42 heavy (non-hydrogen) atoms. The molecule has 0 saturated heterocycles. The number of benzene rings is 3. The Morgan fingerprint density at radius 3 is 1.24 bits per heavy atom. The van der Waals surface area contributed by atoms with Crippen molar-refractivity contribution in [1.29, 1.82) is 0 Å². The van der Waals surface area contributed by atoms with Crippen LogP contribution < -0.4 is 0 Å². The van der Waals surface area contributed by atoms with E-state index in [-0.39, 0.29) is 18.1 Å². The Labute approximate surface area is 260 Å². The Kier molecular flexibility index (Phi) is 8.59. The van der Waals surface area contributed by atoms with Gasteiger partial charge in [0.05, 0.1) is 34.6 Å². The van der Waals surface area contributed by atoms with E-state index in [1.165, 1.54) is 16.7 Å². The predicted molar refractivity (Wildman–Crippen MR) is 183 cm³/mol. The minimum atomic E-state index is 0.267. The van der Waals surface area contributed by atoms with Gasteiger partial charge in [0.1, 0.15) is 10.1 Å². The van der Waals surface area contributed by atoms with Gasteiger partial charge in [-0.15, -0.1) is 35.3 Å². The summed E-state index contributed by atoms with van der Waals surface area (Å²) in [6.45, 7) is 0. The summed E-state index contributed by atoms with van der Waals surface area (Å²) in [5, 5.41) is 3.18. The van der Waals surface area contributed by atoms with E-state index in [0.717, 1.165) is 68.6 Å². The number of hydrogen-bond donors (Lipinski definition) is 0. The Morgan fingerprint density at radius 2 is 0.833 bits per heavy atom. The third-order valence-corrected chi connectivity index (χ3v) is 11.0. The van der Waals surface area contributed by atoms with Crippen molar-refractivity contribution in [3.8, 4) is 0 Å². The molecule has 0 amide bonds. The fraction of sp³-hybridized carbons (Fsp3) is 0.257. The van der Waals surface area contributed by atoms with Gasteiger partial charge in [0.25, 0.3) is 0 Å². The smallest absolute Gasteiger partial charge is 0.117 e. The van der Waals surface area contributed by atoms with E-state index in [4.69, 9.17) is 20.0 Å². The molecule has 4 heterocycles. The lowest BCUT2D eigenvalue weighted by Crippen LogP contribution is -2.09. The van der Waals surface area contributed by atoms with Crippen molar-refractivity contribution in [3.63, 3.8) is 0 Å². The maximum absolute atomic E-state index is 5.19. The average Bonchev–Trinajstić information content (AvgIpc) is 3.81. The fourth-order valence-corrected chi connectivity index (χ4v) is 8.62. The molecule has 0 aliphatic carbocycles. The Balaban J connectivity index is 1.18. The molecule has 7 rings (SSSR count). The first-order valence-electron chi connectivity index (χ1n) is 14.5. The van der Waals surface area contributed by atoms with Gasteiger partial charge in [-0.05, 0) is 48.1 Å². The number of aromatic nitrogens is 1. The van der Waals surface area contributed by atoms with Crippen LogP contribution in [0.3, 0.4) is 0 Å². The van der Waals surface area contributed by atoms with Crippen molar-refractivity contribution in [2.45, 2.75) is 37.4 Å². The van der Waals surface area contributed by atoms with Gasteiger partial charge in [-0.25, -0.2) is 4.98 Å². The second kappa shape index (κ2) is 13.0. The van der Waals surface area contributed by atoms with Gasteiger partial charge in [0.2, 0.25) is 0 Å². The quantitative estimate of drug-likeness (QED) is 0.200. The van der Waals surface area contributed by atoms with Gasteiger partial charge >= 0.3 is 0 Å². The highest BCUT2D eigenvalue weighted by Crippen LogP contribution is 2.32. The van der Waals surface area contributed by atoms with E-state index in [9.17, 15) is 0 Å². The molecule has 3 atom stereocenters. The van der Waals surface area contributed by atoms with E-state index in [1.807, 2.05) is 35.3 Å². The molecule has 3 aliphatic rings. The second-order valence-electron chi connectivity index (χ2n) is 10.9. The molecule has 4 aromatic rings. The van der Waals surface area contributed by atoms with Gasteiger partial charge in [0, 0.05) is 22.8 Å². The van der Waals surface area contributed by atoms with Crippen LogP contribution >= 0.6 is 35.3 Å². The van der Waals surface area contributed by atoms with Crippen LogP contribution in [0.2, 0.25) is 0 Å². The van der Waals surface area contributed by atoms with Crippen LogP contribution in [0.15, 0.2) is 118 Å². The largest absolute Gasteiger partial charge is 0.273 e. The summed E-state index contributed by atoms with van der Waals surface area (Å²) in [7, 11) is 0. The van der Waals surface area contributed by atoms with Crippen molar-refractivity contribution < 1.29 is 0 Å². The molecular formula is C35H32N4S3. The van der Waals surface area contributed by atoms with Crippen molar-refractivity contribution in [2.75, 3.05) is 17.3 Å². The summed E-state index contributed by atoms with van der Waals surface area (Å²) >= 11 is 5.51. The molecule has 210 valence electrons. The molecule has 0 unspecified atom stereocenters. The van der Waals surface area contributed by atoms with Gasteiger partial charge in [-0.2, -0.15) is 0 Å². The minimum absolute atomic E-state index is 0.267. The molecule has 0 fully saturated rings. The summed E-state index contributed by atoms with van der Waals surface area (Å²) in [5.74, 6) is 2.96. The number of hydrogen-bond acceptors (Lipinski definition) is 7. The monoisotopic (exact) mass is 604 g/mol. The van der Waals surface area contributed by atoms with Gasteiger partial charge < -0.3 is 0 Å². The fourth-order valence-electron chi connectivity index (χ4n) is 5.53. The van der Waals surface area contributed by atoms with Gasteiger partial charge in [0.15, 0.2) is 0 Å². The zero-order chi connectivity index (χ0) is 28.1. The van der Waals surface area contributed by atoms with E-state index < -0.39 is 0 Å². The molecule has 3 aromatic carbocycles. The zero-order valence-corrected chi connectivity index (χ0v) is 25.8. The number of rotatable bonds is 9. The average molecular weight is 605 g/mol. The summed E-state index contributed by atoms with van der Waals surface area (Å²) in [6, 6.07) is 37.3. The molecule has 0 saturated carbocycles. The third kappa shape index (κ3) is 6.74. The van der Waals surface area contributed by atoms with E-state index in [1.54, 1.807) is 0 Å². The first kappa shape index (κ1) is 27.7. The highest BCUT2D eigenvalue weighted by molar-refractivity contribution is 8.15. The van der Waals surface area contributed by atoms with Crippen molar-refractivity contribution in [2.24, 2.45) is 15.0 Å². The van der Waals surface area contributed by atoms with Gasteiger partial charge in [-0.1, -0.05) is 91.0 Å². The van der Waals surface area contributed by atoms with Crippen molar-refractivity contribution in [1.82, 2.24) is 4.98 Å². The molecule has 1 aromatic heterocycles. The van der Waals surface area contributed by atoms with Crippen LogP contribution in [-0.2, 0) is 19.3 Å². The highest BCUT2D eigenvalue weighted by Gasteiger charge is 2.27. The number of thioether (sulfide) groups is 3. The molecule has 0 bridgehead atoms. The maximum Gasteiger partial charge on any atom is 0.117 e. The first-order valence-corrected chi connectivity index (χ1v) is 17.5. The molecule has 0 radical (unpaired) electrons. The molecular weight excluding hydrogens is 573 g/mol. The highest BCUT2D eigenvalue weighted by atomic mass is 32.2. The van der Waals surface area contributed by atoms with Crippen molar-refractivity contribution >= 4 is 50.4 Å². The van der Waals surface area contributed by atoms with E-state index >= 15 is 0 Å². The zero-order valence-electron chi connectivity index (χ0n) is 23.3. The summed E-state index contributed by atoms with van der Waals surface area (Å²) in [5.41, 5.74) is 7.04. The standard InChI is InChI=1S/C35H32N4S3/c1-4-10-24(11-5-1)16-28-21-40-33(36-28)27-19-31(34-37-29(22-41-34)17-25-12-6-2-7-13-25)39-32(20-27)35-38-30(23-42-35)18-26-14-8-3-9-15-26/h1-15,19-20,28-30H,16-18,21-23H2/t28-,29-,30-/m0/s1. The van der Waals surface area contributed by atoms with Crippen molar-refractivity contribution in [3.05, 3.63) is 137 Å². The topological polar surface area (TPSA) is 50.0 Å². The van der Waals surface area contributed by atoms with Crippen LogP contribution in [0.25, 0.3) is 0 Å². The summed E-state index contributed by atoms with van der Waals surface area (Å²) < 4.78 is 0. The van der Waals surface area contributed by atoms with Crippen LogP contribution in [0.4, 0.5) is 0 Å². The van der Waals surface area contributed by atoms with E-state index in [0.29, 0.717) is 0 Å². The Hall–Kier alpha value is -3.13. The Bertz CT molecular complexity index is 1410. The van der Waals surface area contributed by atoms with Crippen LogP contribution in [-0.4, -0.2) is 55.5 Å².